The molecule has 0 bridgehead atoms. The Balaban J connectivity index is 1.91. The number of benzene rings is 1. The highest BCUT2D eigenvalue weighted by Gasteiger charge is 2.19. The number of carbonyl (C=O) groups is 1. The van der Waals surface area contributed by atoms with Crippen molar-refractivity contribution in [1.82, 2.24) is 15.2 Å². The van der Waals surface area contributed by atoms with Crippen LogP contribution in [-0.2, 0) is 11.3 Å². The van der Waals surface area contributed by atoms with Gasteiger partial charge in [-0.15, -0.1) is 0 Å². The van der Waals surface area contributed by atoms with Crippen LogP contribution in [0.4, 0.5) is 0 Å². The van der Waals surface area contributed by atoms with Crippen molar-refractivity contribution >= 4 is 5.91 Å². The van der Waals surface area contributed by atoms with Crippen LogP contribution in [0.25, 0.3) is 0 Å². The Morgan fingerprint density at radius 2 is 1.86 bits per heavy atom. The van der Waals surface area contributed by atoms with Crippen molar-refractivity contribution in [2.24, 2.45) is 5.84 Å². The van der Waals surface area contributed by atoms with E-state index in [1.54, 1.807) is 14.2 Å². The fourth-order valence-corrected chi connectivity index (χ4v) is 2.60. The van der Waals surface area contributed by atoms with Gasteiger partial charge in [-0.25, -0.2) is 5.84 Å². The van der Waals surface area contributed by atoms with Gasteiger partial charge in [0.15, 0.2) is 0 Å². The minimum absolute atomic E-state index is 0.150. The molecule has 0 saturated carbocycles. The molecular formula is C15H24N4O3. The van der Waals surface area contributed by atoms with E-state index >= 15 is 0 Å². The van der Waals surface area contributed by atoms with E-state index in [2.05, 4.69) is 15.2 Å². The topological polar surface area (TPSA) is 80.1 Å². The zero-order valence-electron chi connectivity index (χ0n) is 13.2. The number of nitrogens with one attached hydrogen (secondary N) is 1. The average Bonchev–Trinajstić information content (AvgIpc) is 2.56. The summed E-state index contributed by atoms with van der Waals surface area (Å²) in [5.41, 5.74) is 3.27. The van der Waals surface area contributed by atoms with E-state index in [0.29, 0.717) is 6.54 Å². The quantitative estimate of drug-likeness (QED) is 0.431. The van der Waals surface area contributed by atoms with E-state index in [4.69, 9.17) is 15.3 Å². The SMILES string of the molecule is COc1ccc(OC)c(CN2CCN(CC(=O)NN)CC2)c1. The van der Waals surface area contributed by atoms with Crippen LogP contribution in [0, 0.1) is 0 Å². The van der Waals surface area contributed by atoms with Crippen LogP contribution < -0.4 is 20.7 Å². The average molecular weight is 308 g/mol. The first-order valence-electron chi connectivity index (χ1n) is 7.31. The molecule has 1 saturated heterocycles. The molecule has 1 aliphatic rings. The molecule has 122 valence electrons. The van der Waals surface area contributed by atoms with Crippen LogP contribution in [0.15, 0.2) is 18.2 Å². The highest BCUT2D eigenvalue weighted by Crippen LogP contribution is 2.25. The zero-order chi connectivity index (χ0) is 15.9. The lowest BCUT2D eigenvalue weighted by Crippen LogP contribution is -2.49. The highest BCUT2D eigenvalue weighted by molar-refractivity contribution is 5.77. The van der Waals surface area contributed by atoms with E-state index in [1.165, 1.54) is 0 Å². The predicted octanol–water partition coefficient (Wildman–Crippen LogP) is -0.189. The van der Waals surface area contributed by atoms with Crippen molar-refractivity contribution < 1.29 is 14.3 Å². The Kier molecular flexibility index (Phi) is 6.00. The van der Waals surface area contributed by atoms with Crippen molar-refractivity contribution in [3.63, 3.8) is 0 Å². The maximum absolute atomic E-state index is 11.3. The highest BCUT2D eigenvalue weighted by atomic mass is 16.5. The number of hydrogen-bond donors (Lipinski definition) is 2. The second kappa shape index (κ2) is 7.98. The maximum atomic E-state index is 11.3. The van der Waals surface area contributed by atoms with Gasteiger partial charge in [0.05, 0.1) is 20.8 Å². The van der Waals surface area contributed by atoms with Crippen LogP contribution in [0.2, 0.25) is 0 Å². The lowest BCUT2D eigenvalue weighted by atomic mass is 10.1. The minimum Gasteiger partial charge on any atom is -0.497 e. The predicted molar refractivity (Wildman–Crippen MR) is 83.6 cm³/mol. The molecule has 0 aromatic heterocycles. The summed E-state index contributed by atoms with van der Waals surface area (Å²) in [7, 11) is 3.33. The third-order valence-electron chi connectivity index (χ3n) is 3.87. The summed E-state index contributed by atoms with van der Waals surface area (Å²) in [4.78, 5) is 15.7. The fourth-order valence-electron chi connectivity index (χ4n) is 2.60. The molecule has 22 heavy (non-hydrogen) atoms. The lowest BCUT2D eigenvalue weighted by molar-refractivity contribution is -0.122. The van der Waals surface area contributed by atoms with E-state index in [-0.39, 0.29) is 5.91 Å². The first-order valence-corrected chi connectivity index (χ1v) is 7.31. The largest absolute Gasteiger partial charge is 0.497 e. The van der Waals surface area contributed by atoms with Crippen molar-refractivity contribution in [2.45, 2.75) is 6.54 Å². The van der Waals surface area contributed by atoms with Gasteiger partial charge in [0, 0.05) is 38.3 Å². The maximum Gasteiger partial charge on any atom is 0.248 e. The third kappa shape index (κ3) is 4.33. The van der Waals surface area contributed by atoms with Crippen LogP contribution >= 0.6 is 0 Å². The number of piperazine rings is 1. The van der Waals surface area contributed by atoms with Gasteiger partial charge in [-0.3, -0.25) is 20.0 Å². The molecule has 2 rings (SSSR count). The molecule has 7 heteroatoms. The molecule has 1 aliphatic heterocycles. The van der Waals surface area contributed by atoms with Gasteiger partial charge < -0.3 is 9.47 Å². The van der Waals surface area contributed by atoms with Crippen LogP contribution in [0.1, 0.15) is 5.56 Å². The summed E-state index contributed by atoms with van der Waals surface area (Å²) >= 11 is 0. The molecule has 1 aromatic carbocycles. The molecule has 0 radical (unpaired) electrons. The van der Waals surface area contributed by atoms with Gasteiger partial charge in [-0.1, -0.05) is 0 Å². The van der Waals surface area contributed by atoms with E-state index in [0.717, 1.165) is 49.8 Å². The second-order valence-corrected chi connectivity index (χ2v) is 5.30. The summed E-state index contributed by atoms with van der Waals surface area (Å²) in [6.07, 6.45) is 0. The summed E-state index contributed by atoms with van der Waals surface area (Å²) in [5, 5.41) is 0. The number of hydrogen-bond acceptors (Lipinski definition) is 6. The minimum atomic E-state index is -0.150. The van der Waals surface area contributed by atoms with Gasteiger partial charge in [-0.2, -0.15) is 0 Å². The van der Waals surface area contributed by atoms with Crippen LogP contribution in [0.3, 0.4) is 0 Å². The molecule has 0 atom stereocenters. The molecule has 3 N–H and O–H groups in total. The molecule has 1 heterocycles. The van der Waals surface area contributed by atoms with Crippen molar-refractivity contribution in [3.8, 4) is 11.5 Å². The number of methoxy groups -OCH3 is 2. The molecule has 7 nitrogen and oxygen atoms in total. The van der Waals surface area contributed by atoms with Gasteiger partial charge in [0.1, 0.15) is 11.5 Å². The van der Waals surface area contributed by atoms with Gasteiger partial charge in [0.2, 0.25) is 5.91 Å². The number of ether oxygens (including phenoxy) is 2. The molecule has 0 spiro atoms. The van der Waals surface area contributed by atoms with Crippen LogP contribution in [0.5, 0.6) is 11.5 Å². The van der Waals surface area contributed by atoms with Crippen molar-refractivity contribution in [2.75, 3.05) is 46.9 Å². The summed E-state index contributed by atoms with van der Waals surface area (Å²) in [6.45, 7) is 4.65. The Morgan fingerprint density at radius 1 is 1.18 bits per heavy atom. The molecule has 1 fully saturated rings. The Hall–Kier alpha value is -1.83. The third-order valence-corrected chi connectivity index (χ3v) is 3.87. The molecule has 1 amide bonds. The Labute approximate surface area is 130 Å². The number of hydrazine groups is 1. The second-order valence-electron chi connectivity index (χ2n) is 5.30. The van der Waals surface area contributed by atoms with Crippen LogP contribution in [-0.4, -0.2) is 62.7 Å². The first kappa shape index (κ1) is 16.5. The Bertz CT molecular complexity index is 502. The number of amides is 1. The fraction of sp³-hybridized carbons (Fsp3) is 0.533. The number of rotatable bonds is 6. The number of carbonyl (C=O) groups excluding carboxylic acids is 1. The standard InChI is InChI=1S/C15H24N4O3/c1-21-13-3-4-14(22-2)12(9-13)10-18-5-7-19(8-6-18)11-15(20)17-16/h3-4,9H,5-8,10-11,16H2,1-2H3,(H,17,20). The molecule has 0 unspecified atom stereocenters. The lowest BCUT2D eigenvalue weighted by Gasteiger charge is -2.34. The molecule has 0 aliphatic carbocycles. The zero-order valence-corrected chi connectivity index (χ0v) is 13.2. The van der Waals surface area contributed by atoms with Gasteiger partial charge in [0.25, 0.3) is 0 Å². The van der Waals surface area contributed by atoms with Crippen molar-refractivity contribution in [3.05, 3.63) is 23.8 Å². The van der Waals surface area contributed by atoms with E-state index in [1.807, 2.05) is 18.2 Å². The van der Waals surface area contributed by atoms with Gasteiger partial charge in [-0.05, 0) is 18.2 Å². The first-order chi connectivity index (χ1) is 10.7. The summed E-state index contributed by atoms with van der Waals surface area (Å²) in [6, 6.07) is 5.83. The van der Waals surface area contributed by atoms with E-state index < -0.39 is 0 Å². The molecular weight excluding hydrogens is 284 g/mol. The number of nitrogens with zero attached hydrogens (tertiary/aromatic N) is 2. The van der Waals surface area contributed by atoms with Gasteiger partial charge >= 0.3 is 0 Å². The monoisotopic (exact) mass is 308 g/mol. The molecule has 1 aromatic rings. The summed E-state index contributed by atoms with van der Waals surface area (Å²) in [5.74, 6) is 6.66. The summed E-state index contributed by atoms with van der Waals surface area (Å²) < 4.78 is 10.7. The van der Waals surface area contributed by atoms with Crippen molar-refractivity contribution in [1.29, 1.82) is 0 Å². The Morgan fingerprint density at radius 3 is 2.45 bits per heavy atom. The normalized spacial score (nSPS) is 16.3. The number of nitrogens with two attached hydrogens (primary N) is 1. The van der Waals surface area contributed by atoms with E-state index in [9.17, 15) is 4.79 Å². The smallest absolute Gasteiger partial charge is 0.248 e.